The molecule has 0 amide bonds. The zero-order valence-electron chi connectivity index (χ0n) is 12.5. The molecule has 3 rings (SSSR count). The second kappa shape index (κ2) is 5.04. The van der Waals surface area contributed by atoms with Crippen molar-refractivity contribution < 1.29 is 24.5 Å². The minimum atomic E-state index is -0.683. The Labute approximate surface area is 128 Å². The summed E-state index contributed by atoms with van der Waals surface area (Å²) >= 11 is 0. The normalized spacial score (nSPS) is 31.1. The summed E-state index contributed by atoms with van der Waals surface area (Å²) in [6.45, 7) is 1.70. The van der Waals surface area contributed by atoms with Gasteiger partial charge in [0, 0.05) is 22.6 Å². The van der Waals surface area contributed by atoms with Crippen molar-refractivity contribution in [2.45, 2.75) is 25.9 Å². The van der Waals surface area contributed by atoms with Crippen molar-refractivity contribution >= 4 is 11.6 Å². The fraction of sp³-hybridized carbons (Fsp3) is 0.412. The first-order chi connectivity index (χ1) is 10.4. The third-order valence-electron chi connectivity index (χ3n) is 4.86. The van der Waals surface area contributed by atoms with Crippen LogP contribution in [0.5, 0.6) is 0 Å². The molecule has 22 heavy (non-hydrogen) atoms. The van der Waals surface area contributed by atoms with Crippen LogP contribution in [0.4, 0.5) is 0 Å². The number of carbonyl (C=O) groups is 2. The Morgan fingerprint density at radius 2 is 2.09 bits per heavy atom. The topological polar surface area (TPSA) is 83.8 Å². The maximum Gasteiger partial charge on any atom is 0.224 e. The van der Waals surface area contributed by atoms with Gasteiger partial charge in [-0.25, -0.2) is 0 Å². The van der Waals surface area contributed by atoms with Gasteiger partial charge < -0.3 is 14.9 Å². The second-order valence-electron chi connectivity index (χ2n) is 6.09. The van der Waals surface area contributed by atoms with Crippen molar-refractivity contribution in [3.8, 4) is 0 Å². The van der Waals surface area contributed by atoms with Gasteiger partial charge in [0.25, 0.3) is 0 Å². The van der Waals surface area contributed by atoms with Gasteiger partial charge in [0.1, 0.15) is 0 Å². The lowest BCUT2D eigenvalue weighted by atomic mass is 9.61. The maximum absolute atomic E-state index is 12.4. The summed E-state index contributed by atoms with van der Waals surface area (Å²) in [5.74, 6) is -0.549. The summed E-state index contributed by atoms with van der Waals surface area (Å²) in [6.07, 6.45) is 4.65. The van der Waals surface area contributed by atoms with E-state index in [-0.39, 0.29) is 30.4 Å². The summed E-state index contributed by atoms with van der Waals surface area (Å²) in [5.41, 5.74) is 1.49. The number of carbonyl (C=O) groups excluding carboxylic acids is 2. The molecule has 5 heteroatoms. The van der Waals surface area contributed by atoms with Gasteiger partial charge in [0.05, 0.1) is 19.8 Å². The number of hydrogen-bond acceptors (Lipinski definition) is 5. The lowest BCUT2D eigenvalue weighted by Gasteiger charge is -2.44. The summed E-state index contributed by atoms with van der Waals surface area (Å²) < 4.78 is 4.98. The van der Waals surface area contributed by atoms with Crippen LogP contribution < -0.4 is 0 Å². The lowest BCUT2D eigenvalue weighted by Crippen LogP contribution is -2.42. The third kappa shape index (κ3) is 1.93. The third-order valence-corrected chi connectivity index (χ3v) is 4.86. The molecule has 5 nitrogen and oxygen atoms in total. The molecule has 0 heterocycles. The molecule has 0 aromatic heterocycles. The van der Waals surface area contributed by atoms with Gasteiger partial charge in [-0.15, -0.1) is 0 Å². The number of aliphatic hydroxyl groups excluding tert-OH is 2. The number of Topliss-reactive ketones (excluding diaryl/α,β-unsaturated/α-hetero) is 1. The fourth-order valence-corrected chi connectivity index (χ4v) is 3.47. The Hall–Kier alpha value is -1.98. The molecule has 0 radical (unpaired) electrons. The van der Waals surface area contributed by atoms with Gasteiger partial charge in [-0.05, 0) is 30.1 Å². The zero-order valence-corrected chi connectivity index (χ0v) is 12.5. The molecule has 3 aliphatic rings. The number of hydrogen-bond donors (Lipinski definition) is 2. The van der Waals surface area contributed by atoms with Crippen molar-refractivity contribution in [2.24, 2.45) is 5.41 Å². The first kappa shape index (κ1) is 14.9. The van der Waals surface area contributed by atoms with Crippen molar-refractivity contribution in [3.05, 3.63) is 46.3 Å². The Balaban J connectivity index is 2.15. The van der Waals surface area contributed by atoms with Gasteiger partial charge in [-0.3, -0.25) is 9.59 Å². The largest absolute Gasteiger partial charge is 0.493 e. The van der Waals surface area contributed by atoms with E-state index in [4.69, 9.17) is 4.74 Å². The summed E-state index contributed by atoms with van der Waals surface area (Å²) in [7, 11) is 1.36. The zero-order chi connectivity index (χ0) is 16.1. The van der Waals surface area contributed by atoms with Crippen LogP contribution >= 0.6 is 0 Å². The van der Waals surface area contributed by atoms with Crippen LogP contribution in [-0.2, 0) is 14.3 Å². The van der Waals surface area contributed by atoms with Gasteiger partial charge in [0.2, 0.25) is 5.78 Å². The average molecular weight is 302 g/mol. The van der Waals surface area contributed by atoms with E-state index in [1.54, 1.807) is 12.2 Å². The molecule has 0 fully saturated rings. The molecule has 116 valence electrons. The molecule has 0 bridgehead atoms. The summed E-state index contributed by atoms with van der Waals surface area (Å²) in [4.78, 5) is 24.7. The molecule has 2 N–H and O–H groups in total. The molecule has 0 saturated heterocycles. The van der Waals surface area contributed by atoms with Crippen molar-refractivity contribution in [1.82, 2.24) is 0 Å². The van der Waals surface area contributed by atoms with E-state index in [1.165, 1.54) is 13.2 Å². The van der Waals surface area contributed by atoms with E-state index < -0.39 is 11.5 Å². The standard InChI is InChI=1S/C17H18O5/c1-17-7-11-10(13(19)6-14(22-2)16(11)21)5-12(17)9(8-18)3-4-15(17)20/h3,5-6,15,18,20H,4,7-8H2,1-2H3/t15?,17-/m1/s1. The van der Waals surface area contributed by atoms with Crippen LogP contribution in [0.3, 0.4) is 0 Å². The van der Waals surface area contributed by atoms with E-state index in [1.807, 2.05) is 6.92 Å². The highest BCUT2D eigenvalue weighted by atomic mass is 16.5. The summed E-state index contributed by atoms with van der Waals surface area (Å²) in [5, 5.41) is 19.9. The smallest absolute Gasteiger partial charge is 0.224 e. The minimum Gasteiger partial charge on any atom is -0.493 e. The van der Waals surface area contributed by atoms with Crippen molar-refractivity contribution in [1.29, 1.82) is 0 Å². The number of aliphatic hydroxyl groups is 2. The first-order valence-electron chi connectivity index (χ1n) is 7.20. The highest BCUT2D eigenvalue weighted by Gasteiger charge is 2.46. The van der Waals surface area contributed by atoms with Gasteiger partial charge >= 0.3 is 0 Å². The van der Waals surface area contributed by atoms with Gasteiger partial charge in [-0.2, -0.15) is 0 Å². The first-order valence-corrected chi connectivity index (χ1v) is 7.20. The van der Waals surface area contributed by atoms with Crippen molar-refractivity contribution in [2.75, 3.05) is 13.7 Å². The number of ketones is 2. The highest BCUT2D eigenvalue weighted by molar-refractivity contribution is 6.23. The highest BCUT2D eigenvalue weighted by Crippen LogP contribution is 2.50. The second-order valence-corrected chi connectivity index (χ2v) is 6.09. The minimum absolute atomic E-state index is 0.0347. The van der Waals surface area contributed by atoms with Crippen LogP contribution in [-0.4, -0.2) is 41.6 Å². The molecule has 2 atom stereocenters. The van der Waals surface area contributed by atoms with Crippen LogP contribution in [0.1, 0.15) is 19.8 Å². The van der Waals surface area contributed by atoms with Gasteiger partial charge in [0.15, 0.2) is 11.5 Å². The van der Waals surface area contributed by atoms with E-state index in [2.05, 4.69) is 0 Å². The lowest BCUT2D eigenvalue weighted by molar-refractivity contribution is -0.118. The molecule has 1 unspecified atom stereocenters. The molecular formula is C17H18O5. The van der Waals surface area contributed by atoms with Crippen LogP contribution in [0.2, 0.25) is 0 Å². The van der Waals surface area contributed by atoms with Crippen molar-refractivity contribution in [3.63, 3.8) is 0 Å². The van der Waals surface area contributed by atoms with Crippen LogP contribution in [0.25, 0.3) is 0 Å². The quantitative estimate of drug-likeness (QED) is 0.743. The molecule has 3 aliphatic carbocycles. The van der Waals surface area contributed by atoms with E-state index >= 15 is 0 Å². The monoisotopic (exact) mass is 302 g/mol. The molecule has 0 aliphatic heterocycles. The number of methoxy groups -OCH3 is 1. The molecule has 0 saturated carbocycles. The molecular weight excluding hydrogens is 284 g/mol. The van der Waals surface area contributed by atoms with E-state index in [9.17, 15) is 19.8 Å². The predicted octanol–water partition coefficient (Wildman–Crippen LogP) is 0.985. The predicted molar refractivity (Wildman–Crippen MR) is 78.7 cm³/mol. The number of allylic oxidation sites excluding steroid dienone is 4. The Kier molecular flexibility index (Phi) is 3.42. The Morgan fingerprint density at radius 3 is 2.73 bits per heavy atom. The fourth-order valence-electron chi connectivity index (χ4n) is 3.47. The Bertz CT molecular complexity index is 692. The van der Waals surface area contributed by atoms with Crippen LogP contribution in [0, 0.1) is 5.41 Å². The molecule has 0 aromatic carbocycles. The van der Waals surface area contributed by atoms with Gasteiger partial charge in [-0.1, -0.05) is 13.0 Å². The van der Waals surface area contributed by atoms with E-state index in [0.717, 1.165) is 5.57 Å². The SMILES string of the molecule is COC1=CC(=O)C2=C(C[C@]3(C)C(=C2)C(CO)=CCC3O)C1=O. The molecule has 0 aromatic rings. The Morgan fingerprint density at radius 1 is 1.36 bits per heavy atom. The maximum atomic E-state index is 12.4. The summed E-state index contributed by atoms with van der Waals surface area (Å²) in [6, 6.07) is 0. The van der Waals surface area contributed by atoms with E-state index in [0.29, 0.717) is 23.1 Å². The number of fused-ring (bicyclic) bond motifs is 1. The number of ether oxygens (including phenoxy) is 1. The average Bonchev–Trinajstić information content (AvgIpc) is 2.51. The molecule has 0 spiro atoms. The number of rotatable bonds is 2. The van der Waals surface area contributed by atoms with Crippen LogP contribution in [0.15, 0.2) is 46.3 Å².